The topological polar surface area (TPSA) is 124 Å². The van der Waals surface area contributed by atoms with E-state index in [1.54, 1.807) is 0 Å². The number of methoxy groups -OCH3 is 2. The molecular formula is C23H27ClO9. The van der Waals surface area contributed by atoms with Crippen LogP contribution in [0.2, 0.25) is 5.02 Å². The summed E-state index contributed by atoms with van der Waals surface area (Å²) in [4.78, 5) is 12.8. The fourth-order valence-electron chi connectivity index (χ4n) is 3.46. The van der Waals surface area contributed by atoms with Gasteiger partial charge in [0, 0.05) is 13.5 Å². The fourth-order valence-corrected chi connectivity index (χ4v) is 3.72. The monoisotopic (exact) mass is 482 g/mol. The maximum absolute atomic E-state index is 12.8. The maximum atomic E-state index is 12.8. The van der Waals surface area contributed by atoms with Gasteiger partial charge in [-0.25, -0.2) is 4.79 Å². The molecule has 0 bridgehead atoms. The van der Waals surface area contributed by atoms with Gasteiger partial charge in [0.15, 0.2) is 23.9 Å². The average molecular weight is 483 g/mol. The Hall–Kier alpha value is -2.40. The molecule has 3 rings (SSSR count). The molecule has 0 saturated carbocycles. The average Bonchev–Trinajstić information content (AvgIpc) is 2.83. The Kier molecular flexibility index (Phi) is 8.90. The van der Waals surface area contributed by atoms with Crippen LogP contribution in [0.25, 0.3) is 0 Å². The lowest BCUT2D eigenvalue weighted by atomic mass is 9.99. The van der Waals surface area contributed by atoms with Gasteiger partial charge in [-0.15, -0.1) is 0 Å². The van der Waals surface area contributed by atoms with Crippen LogP contribution in [0.5, 0.6) is 11.5 Å². The Morgan fingerprint density at radius 2 is 1.85 bits per heavy atom. The maximum Gasteiger partial charge on any atom is 0.338 e. The molecule has 180 valence electrons. The Balaban J connectivity index is 1.72. The number of carbonyl (C=O) groups is 1. The number of halogens is 1. The van der Waals surface area contributed by atoms with E-state index in [0.717, 1.165) is 5.56 Å². The van der Waals surface area contributed by atoms with Crippen LogP contribution in [0.3, 0.4) is 0 Å². The zero-order valence-electron chi connectivity index (χ0n) is 18.2. The summed E-state index contributed by atoms with van der Waals surface area (Å²) in [6.45, 7) is -0.202. The molecule has 0 unspecified atom stereocenters. The molecule has 0 spiro atoms. The Morgan fingerprint density at radius 1 is 1.12 bits per heavy atom. The van der Waals surface area contributed by atoms with Crippen molar-refractivity contribution in [2.75, 3.05) is 27.4 Å². The highest BCUT2D eigenvalue weighted by atomic mass is 35.5. The molecular weight excluding hydrogens is 456 g/mol. The number of esters is 1. The number of rotatable bonds is 9. The van der Waals surface area contributed by atoms with E-state index in [2.05, 4.69) is 0 Å². The van der Waals surface area contributed by atoms with Gasteiger partial charge >= 0.3 is 5.97 Å². The number of aliphatic hydroxyl groups excluding tert-OH is 3. The largest absolute Gasteiger partial charge is 0.493 e. The van der Waals surface area contributed by atoms with Gasteiger partial charge in [-0.05, 0) is 17.7 Å². The van der Waals surface area contributed by atoms with Crippen molar-refractivity contribution in [1.82, 2.24) is 0 Å². The van der Waals surface area contributed by atoms with Crippen molar-refractivity contribution in [2.24, 2.45) is 0 Å². The third kappa shape index (κ3) is 5.94. The first-order valence-corrected chi connectivity index (χ1v) is 10.7. The van der Waals surface area contributed by atoms with Crippen LogP contribution in [0, 0.1) is 0 Å². The van der Waals surface area contributed by atoms with Crippen molar-refractivity contribution in [2.45, 2.75) is 37.1 Å². The fraction of sp³-hybridized carbons (Fsp3) is 0.435. The molecule has 0 aromatic heterocycles. The van der Waals surface area contributed by atoms with Crippen LogP contribution in [-0.4, -0.2) is 79.4 Å². The van der Waals surface area contributed by atoms with Crippen molar-refractivity contribution in [3.8, 4) is 11.5 Å². The van der Waals surface area contributed by atoms with Gasteiger partial charge in [0.25, 0.3) is 0 Å². The van der Waals surface area contributed by atoms with Gasteiger partial charge in [0.1, 0.15) is 18.3 Å². The normalized spacial score (nSPS) is 24.8. The Labute approximate surface area is 196 Å². The van der Waals surface area contributed by atoms with Gasteiger partial charge in [-0.2, -0.15) is 0 Å². The molecule has 0 radical (unpaired) electrons. The quantitative estimate of drug-likeness (QED) is 0.457. The number of hydrogen-bond donors (Lipinski definition) is 3. The molecule has 0 amide bonds. The number of ether oxygens (including phenoxy) is 5. The first kappa shape index (κ1) is 25.2. The highest BCUT2D eigenvalue weighted by Gasteiger charge is 2.47. The standard InChI is InChI=1S/C23H27ClO9/c1-29-16-11-14(10-15(24)20(16)31-9-8-13-6-4-3-5-7-13)22(28)33-21-19(27)18(26)17(12-25)32-23(21)30-2/h3-7,10-11,17-19,21,23,25-27H,8-9,12H2,1-2H3/t17-,18-,19+,21-,23+/m1/s1. The van der Waals surface area contributed by atoms with E-state index >= 15 is 0 Å². The molecule has 0 aliphatic carbocycles. The van der Waals surface area contributed by atoms with Crippen LogP contribution in [0.15, 0.2) is 42.5 Å². The molecule has 2 aromatic carbocycles. The minimum atomic E-state index is -1.54. The Bertz CT molecular complexity index is 922. The van der Waals surface area contributed by atoms with E-state index in [4.69, 9.17) is 35.3 Å². The molecule has 2 aromatic rings. The summed E-state index contributed by atoms with van der Waals surface area (Å²) in [6, 6.07) is 12.5. The second-order valence-corrected chi connectivity index (χ2v) is 7.79. The summed E-state index contributed by atoms with van der Waals surface area (Å²) >= 11 is 6.35. The number of carbonyl (C=O) groups excluding carboxylic acids is 1. The van der Waals surface area contributed by atoms with E-state index in [0.29, 0.717) is 13.0 Å². The lowest BCUT2D eigenvalue weighted by molar-refractivity contribution is -0.293. The molecule has 1 aliphatic rings. The predicted octanol–water partition coefficient (Wildman–Crippen LogP) is 1.58. The minimum absolute atomic E-state index is 0.0353. The summed E-state index contributed by atoms with van der Waals surface area (Å²) in [7, 11) is 2.70. The van der Waals surface area contributed by atoms with E-state index in [9.17, 15) is 20.1 Å². The minimum Gasteiger partial charge on any atom is -0.493 e. The molecule has 10 heteroatoms. The van der Waals surface area contributed by atoms with Crippen LogP contribution >= 0.6 is 11.6 Å². The van der Waals surface area contributed by atoms with Crippen molar-refractivity contribution in [1.29, 1.82) is 0 Å². The highest BCUT2D eigenvalue weighted by Crippen LogP contribution is 2.37. The van der Waals surface area contributed by atoms with Gasteiger partial charge < -0.3 is 39.0 Å². The number of aliphatic hydroxyl groups is 3. The first-order chi connectivity index (χ1) is 15.9. The molecule has 1 saturated heterocycles. The summed E-state index contributed by atoms with van der Waals surface area (Å²) < 4.78 is 26.9. The van der Waals surface area contributed by atoms with Gasteiger partial charge in [0.2, 0.25) is 0 Å². The first-order valence-electron chi connectivity index (χ1n) is 10.3. The zero-order valence-corrected chi connectivity index (χ0v) is 19.0. The summed E-state index contributed by atoms with van der Waals surface area (Å²) in [5.41, 5.74) is 1.13. The van der Waals surface area contributed by atoms with Gasteiger partial charge in [-0.1, -0.05) is 41.9 Å². The smallest absolute Gasteiger partial charge is 0.338 e. The Morgan fingerprint density at radius 3 is 2.48 bits per heavy atom. The SMILES string of the molecule is COc1cc(C(=O)O[C@H]2[C@@H](OC)O[C@H](CO)[C@@H](O)[C@@H]2O)cc(Cl)c1OCCc1ccccc1. The third-order valence-electron chi connectivity index (χ3n) is 5.25. The molecule has 5 atom stereocenters. The van der Waals surface area contributed by atoms with Crippen LogP contribution in [0.4, 0.5) is 0 Å². The highest BCUT2D eigenvalue weighted by molar-refractivity contribution is 6.32. The van der Waals surface area contributed by atoms with Crippen LogP contribution in [-0.2, 0) is 20.6 Å². The second-order valence-electron chi connectivity index (χ2n) is 7.39. The lowest BCUT2D eigenvalue weighted by Gasteiger charge is -2.40. The van der Waals surface area contributed by atoms with E-state index in [-0.39, 0.29) is 22.1 Å². The van der Waals surface area contributed by atoms with Crippen LogP contribution in [0.1, 0.15) is 15.9 Å². The number of benzene rings is 2. The van der Waals surface area contributed by atoms with Crippen molar-refractivity contribution >= 4 is 17.6 Å². The van der Waals surface area contributed by atoms with Gasteiger partial charge in [0.05, 0.1) is 30.9 Å². The second kappa shape index (κ2) is 11.6. The predicted molar refractivity (Wildman–Crippen MR) is 118 cm³/mol. The molecule has 1 heterocycles. The summed E-state index contributed by atoms with van der Waals surface area (Å²) in [6.07, 6.45) is -5.98. The van der Waals surface area contributed by atoms with Crippen molar-refractivity contribution < 1.29 is 43.8 Å². The lowest BCUT2D eigenvalue weighted by Crippen LogP contribution is -2.60. The zero-order chi connectivity index (χ0) is 24.0. The molecule has 33 heavy (non-hydrogen) atoms. The molecule has 3 N–H and O–H groups in total. The molecule has 1 aliphatic heterocycles. The summed E-state index contributed by atoms with van der Waals surface area (Å²) in [5.74, 6) is -0.342. The van der Waals surface area contributed by atoms with E-state index in [1.165, 1.54) is 26.4 Å². The number of hydrogen-bond acceptors (Lipinski definition) is 9. The summed E-state index contributed by atoms with van der Waals surface area (Å²) in [5, 5.41) is 29.9. The third-order valence-corrected chi connectivity index (χ3v) is 5.53. The van der Waals surface area contributed by atoms with Gasteiger partial charge in [-0.3, -0.25) is 0 Å². The van der Waals surface area contributed by atoms with Crippen LogP contribution < -0.4 is 9.47 Å². The van der Waals surface area contributed by atoms with Crippen molar-refractivity contribution in [3.05, 3.63) is 58.6 Å². The van der Waals surface area contributed by atoms with E-state index in [1.807, 2.05) is 30.3 Å². The molecule has 1 fully saturated rings. The van der Waals surface area contributed by atoms with E-state index < -0.39 is 43.3 Å². The molecule has 9 nitrogen and oxygen atoms in total. The van der Waals surface area contributed by atoms with Crippen molar-refractivity contribution in [3.63, 3.8) is 0 Å².